The topological polar surface area (TPSA) is 182 Å². The Balaban J connectivity index is 2.01. The van der Waals surface area contributed by atoms with Crippen molar-refractivity contribution in [2.45, 2.75) is 52.2 Å². The lowest BCUT2D eigenvalue weighted by Crippen LogP contribution is -2.44. The monoisotopic (exact) mass is 499 g/mol. The van der Waals surface area contributed by atoms with Crippen LogP contribution in [0, 0.1) is 20.8 Å². The lowest BCUT2D eigenvalue weighted by Gasteiger charge is -2.23. The van der Waals surface area contributed by atoms with Crippen LogP contribution in [0.1, 0.15) is 43.1 Å². The Hall–Kier alpha value is -3.64. The molecule has 3 aromatic rings. The summed E-state index contributed by atoms with van der Waals surface area (Å²) in [6, 6.07) is 8.01. The molecule has 0 aliphatic carbocycles. The molecule has 0 saturated heterocycles. The number of aliphatic hydroxyl groups excluding tert-OH is 4. The van der Waals surface area contributed by atoms with Gasteiger partial charge in [-0.05, 0) is 61.2 Å². The van der Waals surface area contributed by atoms with E-state index in [2.05, 4.69) is 10.3 Å². The van der Waals surface area contributed by atoms with Gasteiger partial charge in [0.1, 0.15) is 18.3 Å². The first-order valence-corrected chi connectivity index (χ1v) is 11.2. The van der Waals surface area contributed by atoms with Gasteiger partial charge in [-0.1, -0.05) is 12.1 Å². The van der Waals surface area contributed by atoms with Crippen LogP contribution >= 0.6 is 0 Å². The molecule has 0 saturated carbocycles. The molecule has 1 amide bonds. The number of aromatic carboxylic acids is 1. The minimum absolute atomic E-state index is 0.0537. The van der Waals surface area contributed by atoms with Crippen LogP contribution in [0.3, 0.4) is 0 Å². The summed E-state index contributed by atoms with van der Waals surface area (Å²) in [5.41, 5.74) is 2.12. The number of hydrogen-bond acceptors (Lipinski definition) is 8. The Kier molecular flexibility index (Phi) is 8.21. The average molecular weight is 500 g/mol. The van der Waals surface area contributed by atoms with Crippen molar-refractivity contribution >= 4 is 22.9 Å². The molecule has 3 atom stereocenters. The summed E-state index contributed by atoms with van der Waals surface area (Å²) in [5, 5.41) is 51.1. The molecule has 0 bridgehead atoms. The summed E-state index contributed by atoms with van der Waals surface area (Å²) in [6.07, 6.45) is -4.99. The van der Waals surface area contributed by atoms with Crippen LogP contribution in [0.25, 0.3) is 11.0 Å². The number of carbonyl (C=O) groups is 2. The number of aryl methyl sites for hydroxylation is 2. The van der Waals surface area contributed by atoms with Gasteiger partial charge in [-0.15, -0.1) is 0 Å². The summed E-state index contributed by atoms with van der Waals surface area (Å²) in [6.45, 7) is 3.95. The van der Waals surface area contributed by atoms with Crippen molar-refractivity contribution < 1.29 is 35.1 Å². The number of hydrogen-bond donors (Lipinski definition) is 6. The van der Waals surface area contributed by atoms with Crippen LogP contribution in [0.5, 0.6) is 0 Å². The third kappa shape index (κ3) is 5.44. The van der Waals surface area contributed by atoms with Gasteiger partial charge in [-0.2, -0.15) is 0 Å². The van der Waals surface area contributed by atoms with Crippen LogP contribution in [-0.2, 0) is 13.1 Å². The van der Waals surface area contributed by atoms with E-state index in [4.69, 9.17) is 5.11 Å². The SMILES string of the molecule is Cc1cc2nc(C(=O)NCc3cccc(C(=O)O)c3C)c(=O)n(C[C@H](O)[C@H](O)[C@H](O)CO)c2cc1C. The van der Waals surface area contributed by atoms with Crippen molar-refractivity contribution in [1.82, 2.24) is 14.9 Å². The molecular weight excluding hydrogens is 470 g/mol. The molecule has 192 valence electrons. The minimum atomic E-state index is -1.74. The summed E-state index contributed by atoms with van der Waals surface area (Å²) in [5.74, 6) is -1.91. The fraction of sp³-hybridized carbons (Fsp3) is 0.360. The highest BCUT2D eigenvalue weighted by molar-refractivity contribution is 5.94. The molecule has 2 aromatic carbocycles. The lowest BCUT2D eigenvalue weighted by molar-refractivity contribution is -0.0805. The first-order chi connectivity index (χ1) is 17.0. The zero-order valence-corrected chi connectivity index (χ0v) is 20.1. The number of amides is 1. The molecule has 3 rings (SSSR count). The van der Waals surface area contributed by atoms with E-state index in [9.17, 15) is 34.8 Å². The number of carboxylic acids is 1. The van der Waals surface area contributed by atoms with Gasteiger partial charge in [-0.25, -0.2) is 9.78 Å². The zero-order chi connectivity index (χ0) is 26.7. The third-order valence-corrected chi connectivity index (χ3v) is 6.24. The van der Waals surface area contributed by atoms with Gasteiger partial charge in [0.2, 0.25) is 0 Å². The number of nitrogens with one attached hydrogen (secondary N) is 1. The standard InChI is InChI=1S/C25H29N3O8/c1-12-7-17-18(8-13(12)2)28(10-19(30)22(32)20(31)11-29)24(34)21(27-17)23(33)26-9-15-5-4-6-16(14(15)3)25(35)36/h4-8,19-20,22,29-32H,9-11H2,1-3H3,(H,26,33)(H,35,36)/t19-,20+,22-/m0/s1. The maximum atomic E-state index is 13.3. The molecular formula is C25H29N3O8. The molecule has 0 fully saturated rings. The predicted molar refractivity (Wildman–Crippen MR) is 130 cm³/mol. The fourth-order valence-electron chi connectivity index (χ4n) is 3.85. The molecule has 36 heavy (non-hydrogen) atoms. The van der Waals surface area contributed by atoms with Crippen molar-refractivity contribution in [2.24, 2.45) is 0 Å². The maximum absolute atomic E-state index is 13.3. The number of carboxylic acid groups (broad SMARTS) is 1. The quantitative estimate of drug-likeness (QED) is 0.236. The number of rotatable bonds is 9. The highest BCUT2D eigenvalue weighted by atomic mass is 16.4. The summed E-state index contributed by atoms with van der Waals surface area (Å²) in [7, 11) is 0. The van der Waals surface area contributed by atoms with Crippen molar-refractivity contribution in [3.05, 3.63) is 74.2 Å². The van der Waals surface area contributed by atoms with Gasteiger partial charge < -0.3 is 35.4 Å². The van der Waals surface area contributed by atoms with Gasteiger partial charge in [0, 0.05) is 6.54 Å². The molecule has 0 aliphatic heterocycles. The van der Waals surface area contributed by atoms with Crippen LogP contribution in [-0.4, -0.2) is 71.9 Å². The Labute approximate surface area is 206 Å². The maximum Gasteiger partial charge on any atom is 0.335 e. The Morgan fingerprint density at radius 1 is 1.06 bits per heavy atom. The molecule has 0 unspecified atom stereocenters. The van der Waals surface area contributed by atoms with E-state index < -0.39 is 54.6 Å². The van der Waals surface area contributed by atoms with E-state index in [0.717, 1.165) is 15.7 Å². The van der Waals surface area contributed by atoms with Crippen molar-refractivity contribution in [1.29, 1.82) is 0 Å². The molecule has 0 aliphatic rings. The van der Waals surface area contributed by atoms with Gasteiger partial charge in [0.25, 0.3) is 11.5 Å². The minimum Gasteiger partial charge on any atom is -0.478 e. The highest BCUT2D eigenvalue weighted by Crippen LogP contribution is 2.19. The largest absolute Gasteiger partial charge is 0.478 e. The Morgan fingerprint density at radius 3 is 2.36 bits per heavy atom. The normalized spacial score (nSPS) is 13.9. The lowest BCUT2D eigenvalue weighted by atomic mass is 10.0. The van der Waals surface area contributed by atoms with Crippen LogP contribution < -0.4 is 10.9 Å². The smallest absolute Gasteiger partial charge is 0.335 e. The zero-order valence-electron chi connectivity index (χ0n) is 20.1. The van der Waals surface area contributed by atoms with Gasteiger partial charge in [0.15, 0.2) is 5.69 Å². The first-order valence-electron chi connectivity index (χ1n) is 11.2. The Morgan fingerprint density at radius 2 is 1.72 bits per heavy atom. The second-order valence-corrected chi connectivity index (χ2v) is 8.69. The molecule has 1 aromatic heterocycles. The number of nitrogens with zero attached hydrogens (tertiary/aromatic N) is 2. The van der Waals surface area contributed by atoms with Gasteiger partial charge >= 0.3 is 5.97 Å². The van der Waals surface area contributed by atoms with E-state index in [1.165, 1.54) is 6.07 Å². The average Bonchev–Trinajstić information content (AvgIpc) is 2.84. The Bertz CT molecular complexity index is 1370. The van der Waals surface area contributed by atoms with Crippen molar-refractivity contribution in [2.75, 3.05) is 6.61 Å². The third-order valence-electron chi connectivity index (χ3n) is 6.24. The fourth-order valence-corrected chi connectivity index (χ4v) is 3.85. The molecule has 6 N–H and O–H groups in total. The van der Waals surface area contributed by atoms with E-state index in [1.54, 1.807) is 31.2 Å². The number of aromatic nitrogens is 2. The van der Waals surface area contributed by atoms with E-state index >= 15 is 0 Å². The van der Waals surface area contributed by atoms with Gasteiger partial charge in [0.05, 0.1) is 29.7 Å². The van der Waals surface area contributed by atoms with Crippen molar-refractivity contribution in [3.8, 4) is 0 Å². The van der Waals surface area contributed by atoms with E-state index in [1.807, 2.05) is 13.8 Å². The van der Waals surface area contributed by atoms with E-state index in [0.29, 0.717) is 22.2 Å². The summed E-state index contributed by atoms with van der Waals surface area (Å²) >= 11 is 0. The molecule has 0 spiro atoms. The van der Waals surface area contributed by atoms with E-state index in [-0.39, 0.29) is 12.1 Å². The summed E-state index contributed by atoms with van der Waals surface area (Å²) < 4.78 is 1.10. The summed E-state index contributed by atoms with van der Waals surface area (Å²) in [4.78, 5) is 41.9. The van der Waals surface area contributed by atoms with Crippen LogP contribution in [0.2, 0.25) is 0 Å². The number of aliphatic hydroxyl groups is 4. The second-order valence-electron chi connectivity index (χ2n) is 8.69. The number of benzene rings is 2. The highest BCUT2D eigenvalue weighted by Gasteiger charge is 2.27. The first kappa shape index (κ1) is 27.0. The van der Waals surface area contributed by atoms with Crippen LogP contribution in [0.15, 0.2) is 35.1 Å². The molecule has 11 heteroatoms. The van der Waals surface area contributed by atoms with Crippen LogP contribution in [0.4, 0.5) is 0 Å². The molecule has 0 radical (unpaired) electrons. The molecule has 11 nitrogen and oxygen atoms in total. The molecule has 1 heterocycles. The predicted octanol–water partition coefficient (Wildman–Crippen LogP) is 0.0250. The van der Waals surface area contributed by atoms with Crippen molar-refractivity contribution in [3.63, 3.8) is 0 Å². The van der Waals surface area contributed by atoms with Gasteiger partial charge in [-0.3, -0.25) is 9.59 Å². The number of fused-ring (bicyclic) bond motifs is 1. The number of carbonyl (C=O) groups excluding carboxylic acids is 1. The second kappa shape index (κ2) is 11.0.